The number of ether oxygens (including phenoxy) is 2. The number of halogens is 3. The molecule has 0 fully saturated rings. The Morgan fingerprint density at radius 2 is 2.09 bits per heavy atom. The van der Waals surface area contributed by atoms with Crippen LogP contribution in [0.2, 0.25) is 9.49 Å². The van der Waals surface area contributed by atoms with Crippen LogP contribution in [0.1, 0.15) is 5.56 Å². The molecule has 0 atom stereocenters. The number of aromatic nitrogens is 1. The minimum Gasteiger partial charge on any atom is -0.493 e. The Balaban J connectivity index is 2.30. The Hall–Kier alpha value is -1.21. The van der Waals surface area contributed by atoms with Crippen LogP contribution in [0.25, 0.3) is 0 Å². The van der Waals surface area contributed by atoms with E-state index in [-0.39, 0.29) is 5.15 Å². The average molecular weight is 395 g/mol. The number of hydrogen-bond donors (Lipinski definition) is 0. The van der Waals surface area contributed by atoms with Crippen LogP contribution in [-0.4, -0.2) is 36.4 Å². The summed E-state index contributed by atoms with van der Waals surface area (Å²) in [4.78, 5) is 10.2. The van der Waals surface area contributed by atoms with Crippen LogP contribution < -0.4 is 9.47 Å². The Bertz CT molecular complexity index is 702. The first-order chi connectivity index (χ1) is 10.9. The Morgan fingerprint density at radius 1 is 1.35 bits per heavy atom. The molecule has 0 unspecified atom stereocenters. The second kappa shape index (κ2) is 8.06. The first-order valence-corrected chi connectivity index (χ1v) is 8.54. The normalized spacial score (nSPS) is 11.0. The van der Waals surface area contributed by atoms with Gasteiger partial charge >= 0.3 is 0 Å². The second-order valence-corrected chi connectivity index (χ2v) is 6.72. The van der Waals surface area contributed by atoms with Crippen LogP contribution in [0.3, 0.4) is 0 Å². The van der Waals surface area contributed by atoms with Crippen molar-refractivity contribution in [2.75, 3.05) is 20.2 Å². The molecule has 124 valence electrons. The summed E-state index contributed by atoms with van der Waals surface area (Å²) in [6.07, 6.45) is 1.65. The molecule has 5 nitrogen and oxygen atoms in total. The van der Waals surface area contributed by atoms with E-state index in [1.165, 1.54) is 0 Å². The molecule has 0 aliphatic rings. The molecule has 1 aromatic carbocycles. The topological polar surface area (TPSA) is 47.0 Å². The Morgan fingerprint density at radius 3 is 2.65 bits per heavy atom. The highest BCUT2D eigenvalue weighted by Crippen LogP contribution is 2.40. The van der Waals surface area contributed by atoms with Gasteiger partial charge in [-0.1, -0.05) is 34.5 Å². The van der Waals surface area contributed by atoms with E-state index < -0.39 is 0 Å². The number of methoxy groups -OCH3 is 1. The highest BCUT2D eigenvalue weighted by atomic mass is 35.5. The fraction of sp³-hybridized carbons (Fsp3) is 0.286. The predicted molar refractivity (Wildman–Crippen MR) is 96.6 cm³/mol. The van der Waals surface area contributed by atoms with Crippen molar-refractivity contribution in [3.8, 4) is 16.7 Å². The summed E-state index contributed by atoms with van der Waals surface area (Å²) in [5.41, 5.74) is 1.66. The number of aryl methyl sites for hydroxylation is 1. The van der Waals surface area contributed by atoms with E-state index in [0.29, 0.717) is 27.0 Å². The maximum Gasteiger partial charge on any atom is 0.281 e. The third kappa shape index (κ3) is 4.64. The summed E-state index contributed by atoms with van der Waals surface area (Å²) < 4.78 is 11.4. The van der Waals surface area contributed by atoms with Gasteiger partial charge in [0.25, 0.3) is 5.19 Å². The van der Waals surface area contributed by atoms with Gasteiger partial charge in [0.15, 0.2) is 16.7 Å². The minimum atomic E-state index is 0.215. The van der Waals surface area contributed by atoms with Crippen LogP contribution >= 0.6 is 46.1 Å². The van der Waals surface area contributed by atoms with Gasteiger partial charge in [-0.2, -0.15) is 4.98 Å². The molecule has 1 heterocycles. The van der Waals surface area contributed by atoms with Crippen molar-refractivity contribution in [2.24, 2.45) is 4.99 Å². The van der Waals surface area contributed by atoms with Gasteiger partial charge in [0.2, 0.25) is 0 Å². The van der Waals surface area contributed by atoms with Crippen molar-refractivity contribution in [1.29, 1.82) is 0 Å². The fourth-order valence-corrected chi connectivity index (χ4v) is 2.72. The van der Waals surface area contributed by atoms with E-state index in [9.17, 15) is 0 Å². The van der Waals surface area contributed by atoms with Gasteiger partial charge in [-0.15, -0.1) is 11.6 Å². The van der Waals surface area contributed by atoms with Gasteiger partial charge in [-0.25, -0.2) is 4.99 Å². The standard InChI is InChI=1S/C14H14Cl3N3O2S/c1-8-4-11(22-14-19-12(16)13(17)23-14)10(21-3)5-9(8)18-7-20(2)6-15/h4-5,7H,6H2,1-3H3. The molecule has 0 saturated heterocycles. The zero-order valence-electron chi connectivity index (χ0n) is 12.6. The lowest BCUT2D eigenvalue weighted by Gasteiger charge is -2.12. The molecule has 23 heavy (non-hydrogen) atoms. The molecular formula is C14H14Cl3N3O2S. The highest BCUT2D eigenvalue weighted by Gasteiger charge is 2.14. The largest absolute Gasteiger partial charge is 0.493 e. The lowest BCUT2D eigenvalue weighted by Crippen LogP contribution is -2.12. The van der Waals surface area contributed by atoms with E-state index in [2.05, 4.69) is 9.98 Å². The number of alkyl halides is 1. The molecular weight excluding hydrogens is 381 g/mol. The van der Waals surface area contributed by atoms with Gasteiger partial charge in [-0.05, 0) is 18.6 Å². The zero-order chi connectivity index (χ0) is 17.0. The molecule has 0 saturated carbocycles. The molecule has 0 aliphatic heterocycles. The summed E-state index contributed by atoms with van der Waals surface area (Å²) in [7, 11) is 3.38. The average Bonchev–Trinajstić information content (AvgIpc) is 2.84. The summed E-state index contributed by atoms with van der Waals surface area (Å²) in [6.45, 7) is 1.92. The molecule has 0 amide bonds. The van der Waals surface area contributed by atoms with Crippen LogP contribution in [0.5, 0.6) is 16.7 Å². The molecule has 0 aliphatic carbocycles. The molecule has 0 spiro atoms. The quantitative estimate of drug-likeness (QED) is 0.287. The number of benzene rings is 1. The highest BCUT2D eigenvalue weighted by molar-refractivity contribution is 7.18. The van der Waals surface area contributed by atoms with Crippen molar-refractivity contribution < 1.29 is 9.47 Å². The summed E-state index contributed by atoms with van der Waals surface area (Å²) in [6, 6.07) is 3.95. The van der Waals surface area contributed by atoms with Crippen LogP contribution in [-0.2, 0) is 0 Å². The fourth-order valence-electron chi connectivity index (χ4n) is 1.62. The van der Waals surface area contributed by atoms with Crippen LogP contribution in [0, 0.1) is 6.92 Å². The molecule has 0 radical (unpaired) electrons. The van der Waals surface area contributed by atoms with Gasteiger partial charge in [0, 0.05) is 13.1 Å². The van der Waals surface area contributed by atoms with E-state index in [4.69, 9.17) is 44.3 Å². The summed E-state index contributed by atoms with van der Waals surface area (Å²) in [5, 5.41) is 0.559. The maximum atomic E-state index is 5.89. The lowest BCUT2D eigenvalue weighted by atomic mass is 10.2. The van der Waals surface area contributed by atoms with Gasteiger partial charge in [0.05, 0.1) is 25.1 Å². The zero-order valence-corrected chi connectivity index (χ0v) is 15.7. The van der Waals surface area contributed by atoms with E-state index in [1.54, 1.807) is 24.4 Å². The van der Waals surface area contributed by atoms with Gasteiger partial charge in [0.1, 0.15) is 4.34 Å². The second-order valence-electron chi connectivity index (χ2n) is 4.56. The molecule has 1 aromatic heterocycles. The third-order valence-electron chi connectivity index (χ3n) is 2.79. The van der Waals surface area contributed by atoms with Crippen molar-refractivity contribution in [2.45, 2.75) is 6.92 Å². The summed E-state index contributed by atoms with van der Waals surface area (Å²) in [5.74, 6) is 1.04. The van der Waals surface area contributed by atoms with Crippen LogP contribution in [0.15, 0.2) is 17.1 Å². The third-order valence-corrected chi connectivity index (χ3v) is 4.78. The molecule has 0 N–H and O–H groups in total. The van der Waals surface area contributed by atoms with Gasteiger partial charge in [-0.3, -0.25) is 0 Å². The number of aliphatic imine (C=N–C) groups is 1. The minimum absolute atomic E-state index is 0.215. The van der Waals surface area contributed by atoms with E-state index in [1.807, 2.05) is 20.0 Å². The smallest absolute Gasteiger partial charge is 0.281 e. The summed E-state index contributed by atoms with van der Waals surface area (Å²) >= 11 is 18.6. The Labute approximate surface area is 153 Å². The number of thiazole rings is 1. The molecule has 2 rings (SSSR count). The predicted octanol–water partition coefficient (Wildman–Crippen LogP) is 5.35. The van der Waals surface area contributed by atoms with Crippen LogP contribution in [0.4, 0.5) is 5.69 Å². The first kappa shape index (κ1) is 18.1. The molecule has 2 aromatic rings. The van der Waals surface area contributed by atoms with Crippen molar-refractivity contribution >= 4 is 58.2 Å². The number of rotatable bonds is 6. The lowest BCUT2D eigenvalue weighted by molar-refractivity contribution is 0.378. The van der Waals surface area contributed by atoms with Crippen molar-refractivity contribution in [1.82, 2.24) is 9.88 Å². The number of hydrogen-bond acceptors (Lipinski definition) is 5. The van der Waals surface area contributed by atoms with Gasteiger partial charge < -0.3 is 14.4 Å². The van der Waals surface area contributed by atoms with Crippen molar-refractivity contribution in [3.05, 3.63) is 27.2 Å². The van der Waals surface area contributed by atoms with E-state index in [0.717, 1.165) is 22.6 Å². The van der Waals surface area contributed by atoms with Crippen molar-refractivity contribution in [3.63, 3.8) is 0 Å². The SMILES string of the molecule is COc1cc(N=CN(C)CCl)c(C)cc1Oc1nc(Cl)c(Cl)s1. The Kier molecular flexibility index (Phi) is 6.35. The van der Waals surface area contributed by atoms with E-state index >= 15 is 0 Å². The maximum absolute atomic E-state index is 5.89. The molecule has 9 heteroatoms. The first-order valence-electron chi connectivity index (χ1n) is 6.43. The monoisotopic (exact) mass is 393 g/mol. The number of nitrogens with zero attached hydrogens (tertiary/aromatic N) is 3. The molecule has 0 bridgehead atoms.